The normalized spacial score (nSPS) is 20.3. The summed E-state index contributed by atoms with van der Waals surface area (Å²) in [6.07, 6.45) is 10.9. The Kier molecular flexibility index (Phi) is 6.03. The zero-order chi connectivity index (χ0) is 21.0. The van der Waals surface area contributed by atoms with E-state index >= 15 is 0 Å². The first kappa shape index (κ1) is 20.8. The molecule has 2 aromatic rings. The molecule has 0 unspecified atom stereocenters. The van der Waals surface area contributed by atoms with Crippen LogP contribution < -0.4 is 5.32 Å². The lowest BCUT2D eigenvalue weighted by atomic mass is 9.65. The van der Waals surface area contributed by atoms with Crippen LogP contribution in [0.2, 0.25) is 0 Å². The first-order valence-corrected chi connectivity index (χ1v) is 11.4. The summed E-state index contributed by atoms with van der Waals surface area (Å²) in [5.74, 6) is 0.300. The van der Waals surface area contributed by atoms with Gasteiger partial charge in [-0.1, -0.05) is 49.9 Å². The third-order valence-electron chi connectivity index (χ3n) is 7.06. The number of carbonyl (C=O) groups is 1. The number of phenols is 1. The highest BCUT2D eigenvalue weighted by atomic mass is 16.6. The summed E-state index contributed by atoms with van der Waals surface area (Å²) in [5.41, 5.74) is 2.92. The van der Waals surface area contributed by atoms with E-state index in [2.05, 4.69) is 29.6 Å². The SMILES string of the molecule is CC1(OC(=O)Nc2ccc(C3(c4ccc(O)cc4)CCCCC3)cc2)CCCCC1. The van der Waals surface area contributed by atoms with Crippen molar-refractivity contribution in [3.63, 3.8) is 0 Å². The fourth-order valence-electron chi connectivity index (χ4n) is 5.32. The summed E-state index contributed by atoms with van der Waals surface area (Å²) in [6.45, 7) is 2.04. The molecule has 4 nitrogen and oxygen atoms in total. The summed E-state index contributed by atoms with van der Waals surface area (Å²) < 4.78 is 5.76. The van der Waals surface area contributed by atoms with Crippen LogP contribution >= 0.6 is 0 Å². The van der Waals surface area contributed by atoms with E-state index in [1.165, 1.54) is 36.8 Å². The van der Waals surface area contributed by atoms with Crippen molar-refractivity contribution in [1.82, 2.24) is 0 Å². The molecule has 160 valence electrons. The Morgan fingerprint density at radius 1 is 0.800 bits per heavy atom. The van der Waals surface area contributed by atoms with Gasteiger partial charge in [-0.2, -0.15) is 0 Å². The van der Waals surface area contributed by atoms with Crippen molar-refractivity contribution >= 4 is 11.8 Å². The molecular formula is C26H33NO3. The van der Waals surface area contributed by atoms with Gasteiger partial charge in [0.05, 0.1) is 0 Å². The Balaban J connectivity index is 1.49. The summed E-state index contributed by atoms with van der Waals surface area (Å²) in [4.78, 5) is 12.4. The third kappa shape index (κ3) is 4.48. The molecule has 0 bridgehead atoms. The van der Waals surface area contributed by atoms with Gasteiger partial charge in [-0.25, -0.2) is 4.79 Å². The van der Waals surface area contributed by atoms with Gasteiger partial charge in [0.15, 0.2) is 0 Å². The molecular weight excluding hydrogens is 374 g/mol. The van der Waals surface area contributed by atoms with Gasteiger partial charge in [0, 0.05) is 11.1 Å². The van der Waals surface area contributed by atoms with Crippen LogP contribution in [-0.4, -0.2) is 16.8 Å². The topological polar surface area (TPSA) is 58.6 Å². The van der Waals surface area contributed by atoms with Crippen LogP contribution in [0.15, 0.2) is 48.5 Å². The summed E-state index contributed by atoms with van der Waals surface area (Å²) >= 11 is 0. The van der Waals surface area contributed by atoms with Crippen LogP contribution in [0.3, 0.4) is 0 Å². The van der Waals surface area contributed by atoms with Gasteiger partial charge in [0.2, 0.25) is 0 Å². The number of anilines is 1. The van der Waals surface area contributed by atoms with Crippen LogP contribution in [-0.2, 0) is 10.2 Å². The van der Waals surface area contributed by atoms with Gasteiger partial charge >= 0.3 is 6.09 Å². The highest BCUT2D eigenvalue weighted by Crippen LogP contribution is 2.45. The van der Waals surface area contributed by atoms with Gasteiger partial charge in [-0.15, -0.1) is 0 Å². The van der Waals surface area contributed by atoms with Gasteiger partial charge in [-0.05, 0) is 80.8 Å². The van der Waals surface area contributed by atoms with E-state index in [1.807, 2.05) is 19.1 Å². The number of ether oxygens (including phenoxy) is 1. The Morgan fingerprint density at radius 2 is 1.30 bits per heavy atom. The van der Waals surface area contributed by atoms with E-state index in [1.54, 1.807) is 12.1 Å². The average molecular weight is 408 g/mol. The van der Waals surface area contributed by atoms with Crippen molar-refractivity contribution in [2.75, 3.05) is 5.32 Å². The number of phenolic OH excluding ortho intramolecular Hbond substituents is 1. The maximum absolute atomic E-state index is 12.4. The molecule has 0 spiro atoms. The maximum Gasteiger partial charge on any atom is 0.412 e. The molecule has 2 N–H and O–H groups in total. The standard InChI is InChI=1S/C26H33NO3/c1-25(16-4-2-5-17-25)30-24(29)27-22-12-8-20(9-13-22)26(18-6-3-7-19-26)21-10-14-23(28)15-11-21/h8-15,28H,2-7,16-19H2,1H3,(H,27,29). The second-order valence-corrected chi connectivity index (χ2v) is 9.29. The largest absolute Gasteiger partial charge is 0.508 e. The quantitative estimate of drug-likeness (QED) is 0.579. The Bertz CT molecular complexity index is 845. The van der Waals surface area contributed by atoms with Crippen LogP contribution in [0.4, 0.5) is 10.5 Å². The van der Waals surface area contributed by atoms with Gasteiger partial charge in [-0.3, -0.25) is 5.32 Å². The Hall–Kier alpha value is -2.49. The number of rotatable bonds is 4. The molecule has 0 heterocycles. The Labute approximate surface area is 179 Å². The molecule has 2 aliphatic rings. The van der Waals surface area contributed by atoms with Crippen molar-refractivity contribution < 1.29 is 14.6 Å². The van der Waals surface area contributed by atoms with E-state index in [0.717, 1.165) is 44.2 Å². The molecule has 0 saturated heterocycles. The molecule has 0 aromatic heterocycles. The second kappa shape index (κ2) is 8.71. The molecule has 4 heteroatoms. The number of nitrogens with one attached hydrogen (secondary N) is 1. The molecule has 2 aromatic carbocycles. The summed E-state index contributed by atoms with van der Waals surface area (Å²) in [7, 11) is 0. The van der Waals surface area contributed by atoms with E-state index in [-0.39, 0.29) is 17.1 Å². The van der Waals surface area contributed by atoms with E-state index in [9.17, 15) is 9.90 Å². The van der Waals surface area contributed by atoms with Crippen molar-refractivity contribution in [1.29, 1.82) is 0 Å². The highest BCUT2D eigenvalue weighted by Gasteiger charge is 2.36. The summed E-state index contributed by atoms with van der Waals surface area (Å²) in [6, 6.07) is 15.9. The number of aromatic hydroxyl groups is 1. The molecule has 2 aliphatic carbocycles. The first-order valence-electron chi connectivity index (χ1n) is 11.4. The summed E-state index contributed by atoms with van der Waals surface area (Å²) in [5, 5.41) is 12.6. The maximum atomic E-state index is 12.4. The van der Waals surface area contributed by atoms with Crippen molar-refractivity contribution in [2.24, 2.45) is 0 Å². The van der Waals surface area contributed by atoms with E-state index in [0.29, 0.717) is 5.75 Å². The lowest BCUT2D eigenvalue weighted by Crippen LogP contribution is -2.35. The minimum Gasteiger partial charge on any atom is -0.508 e. The lowest BCUT2D eigenvalue weighted by Gasteiger charge is -2.38. The van der Waals surface area contributed by atoms with E-state index < -0.39 is 0 Å². The lowest BCUT2D eigenvalue weighted by molar-refractivity contribution is 0.00564. The molecule has 2 fully saturated rings. The molecule has 0 atom stereocenters. The van der Waals surface area contributed by atoms with Crippen LogP contribution in [0.25, 0.3) is 0 Å². The smallest absolute Gasteiger partial charge is 0.412 e. The molecule has 30 heavy (non-hydrogen) atoms. The zero-order valence-corrected chi connectivity index (χ0v) is 18.0. The van der Waals surface area contributed by atoms with Crippen LogP contribution in [0, 0.1) is 0 Å². The predicted molar refractivity (Wildman–Crippen MR) is 120 cm³/mol. The third-order valence-corrected chi connectivity index (χ3v) is 7.06. The monoisotopic (exact) mass is 407 g/mol. The van der Waals surface area contributed by atoms with Crippen molar-refractivity contribution in [2.45, 2.75) is 82.1 Å². The fourth-order valence-corrected chi connectivity index (χ4v) is 5.32. The Morgan fingerprint density at radius 3 is 1.87 bits per heavy atom. The van der Waals surface area contributed by atoms with Crippen LogP contribution in [0.1, 0.15) is 82.3 Å². The first-order chi connectivity index (χ1) is 14.5. The van der Waals surface area contributed by atoms with Crippen molar-refractivity contribution in [3.8, 4) is 5.75 Å². The number of hydrogen-bond acceptors (Lipinski definition) is 3. The predicted octanol–water partition coefficient (Wildman–Crippen LogP) is 6.91. The molecule has 2 saturated carbocycles. The zero-order valence-electron chi connectivity index (χ0n) is 18.0. The van der Waals surface area contributed by atoms with Gasteiger partial charge in [0.1, 0.15) is 11.4 Å². The van der Waals surface area contributed by atoms with Gasteiger partial charge in [0.25, 0.3) is 0 Å². The number of carbonyl (C=O) groups excluding carboxylic acids is 1. The number of amides is 1. The molecule has 0 aliphatic heterocycles. The number of benzene rings is 2. The fraction of sp³-hybridized carbons (Fsp3) is 0.500. The van der Waals surface area contributed by atoms with Crippen molar-refractivity contribution in [3.05, 3.63) is 59.7 Å². The number of hydrogen-bond donors (Lipinski definition) is 2. The average Bonchev–Trinajstić information content (AvgIpc) is 2.75. The van der Waals surface area contributed by atoms with Gasteiger partial charge < -0.3 is 9.84 Å². The van der Waals surface area contributed by atoms with Crippen LogP contribution in [0.5, 0.6) is 5.75 Å². The van der Waals surface area contributed by atoms with E-state index in [4.69, 9.17) is 4.74 Å². The minimum atomic E-state index is -0.363. The molecule has 0 radical (unpaired) electrons. The molecule has 1 amide bonds. The highest BCUT2D eigenvalue weighted by molar-refractivity contribution is 5.84. The second-order valence-electron chi connectivity index (χ2n) is 9.29. The molecule has 4 rings (SSSR count). The minimum absolute atomic E-state index is 0.0272.